The third-order valence-corrected chi connectivity index (χ3v) is 1.77. The van der Waals surface area contributed by atoms with Gasteiger partial charge in [-0.25, -0.2) is 0 Å². The predicted octanol–water partition coefficient (Wildman–Crippen LogP) is 3.82. The van der Waals surface area contributed by atoms with Gasteiger partial charge in [-0.3, -0.25) is 10.1 Å². The van der Waals surface area contributed by atoms with Crippen molar-refractivity contribution >= 4 is 5.69 Å². The van der Waals surface area contributed by atoms with Gasteiger partial charge in [0.05, 0.1) is 4.92 Å². The Morgan fingerprint density at radius 2 is 1.93 bits per heavy atom. The van der Waals surface area contributed by atoms with Crippen molar-refractivity contribution in [2.75, 3.05) is 0 Å². The normalized spacial score (nSPS) is 9.40. The molecule has 0 aromatic heterocycles. The van der Waals surface area contributed by atoms with Gasteiger partial charge in [-0.15, -0.1) is 0 Å². The molecule has 84 valence electrons. The first-order valence-corrected chi connectivity index (χ1v) is 5.33. The van der Waals surface area contributed by atoms with E-state index < -0.39 is 0 Å². The molecule has 3 heteroatoms. The Morgan fingerprint density at radius 1 is 1.33 bits per heavy atom. The van der Waals surface area contributed by atoms with Crippen molar-refractivity contribution in [3.8, 4) is 0 Å². The van der Waals surface area contributed by atoms with E-state index in [-0.39, 0.29) is 10.6 Å². The molecule has 0 unspecified atom stereocenters. The maximum absolute atomic E-state index is 10.4. The zero-order valence-electron chi connectivity index (χ0n) is 9.86. The molecule has 3 nitrogen and oxygen atoms in total. The zero-order chi connectivity index (χ0) is 11.8. The lowest BCUT2D eigenvalue weighted by molar-refractivity contribution is -0.384. The van der Waals surface area contributed by atoms with Crippen LogP contribution < -0.4 is 0 Å². The van der Waals surface area contributed by atoms with Crippen LogP contribution in [0.2, 0.25) is 0 Å². The standard InChI is InChI=1S/C10H13NO2.C2H6/c1-8(2)6-9-4-3-5-10(7-9)11(12)13;1-2/h3-5,7-8H,6H2,1-2H3;1-2H3. The maximum atomic E-state index is 10.4. The van der Waals surface area contributed by atoms with Crippen LogP contribution in [0.25, 0.3) is 0 Å². The molecular weight excluding hydrogens is 190 g/mol. The van der Waals surface area contributed by atoms with E-state index in [1.807, 2.05) is 19.9 Å². The van der Waals surface area contributed by atoms with Crippen LogP contribution in [-0.2, 0) is 6.42 Å². The van der Waals surface area contributed by atoms with Crippen molar-refractivity contribution in [3.05, 3.63) is 39.9 Å². The lowest BCUT2D eigenvalue weighted by atomic mass is 10.0. The SMILES string of the molecule is CC.CC(C)Cc1cccc([N+](=O)[O-])c1. The second-order valence-electron chi connectivity index (χ2n) is 3.52. The van der Waals surface area contributed by atoms with Gasteiger partial charge in [-0.1, -0.05) is 39.8 Å². The molecule has 0 heterocycles. The second kappa shape index (κ2) is 6.98. The highest BCUT2D eigenvalue weighted by Crippen LogP contribution is 2.15. The number of hydrogen-bond donors (Lipinski definition) is 0. The molecule has 0 aliphatic rings. The summed E-state index contributed by atoms with van der Waals surface area (Å²) in [7, 11) is 0. The number of hydrogen-bond acceptors (Lipinski definition) is 2. The van der Waals surface area contributed by atoms with Gasteiger partial charge in [-0.2, -0.15) is 0 Å². The van der Waals surface area contributed by atoms with E-state index in [2.05, 4.69) is 13.8 Å². The maximum Gasteiger partial charge on any atom is 0.269 e. The third kappa shape index (κ3) is 5.15. The molecule has 0 aliphatic carbocycles. The molecule has 0 atom stereocenters. The van der Waals surface area contributed by atoms with Gasteiger partial charge in [0.2, 0.25) is 0 Å². The third-order valence-electron chi connectivity index (χ3n) is 1.77. The Hall–Kier alpha value is -1.38. The first-order valence-electron chi connectivity index (χ1n) is 5.33. The van der Waals surface area contributed by atoms with Crippen LogP contribution in [0.5, 0.6) is 0 Å². The second-order valence-corrected chi connectivity index (χ2v) is 3.52. The summed E-state index contributed by atoms with van der Waals surface area (Å²) in [5, 5.41) is 10.4. The van der Waals surface area contributed by atoms with Crippen molar-refractivity contribution in [1.29, 1.82) is 0 Å². The Kier molecular flexibility index (Phi) is 6.34. The number of nitro groups is 1. The summed E-state index contributed by atoms with van der Waals surface area (Å²) < 4.78 is 0. The quantitative estimate of drug-likeness (QED) is 0.561. The van der Waals surface area contributed by atoms with Crippen LogP contribution in [0.1, 0.15) is 33.3 Å². The minimum Gasteiger partial charge on any atom is -0.258 e. The van der Waals surface area contributed by atoms with Gasteiger partial charge >= 0.3 is 0 Å². The molecule has 0 N–H and O–H groups in total. The molecule has 15 heavy (non-hydrogen) atoms. The van der Waals surface area contributed by atoms with Crippen molar-refractivity contribution < 1.29 is 4.92 Å². The fourth-order valence-electron chi connectivity index (χ4n) is 1.27. The van der Waals surface area contributed by atoms with Gasteiger partial charge in [0, 0.05) is 12.1 Å². The first kappa shape index (κ1) is 13.6. The van der Waals surface area contributed by atoms with E-state index in [1.54, 1.807) is 12.1 Å². The molecular formula is C12H19NO2. The molecule has 1 rings (SSSR count). The molecule has 0 fully saturated rings. The molecule has 0 saturated heterocycles. The van der Waals surface area contributed by atoms with E-state index in [9.17, 15) is 10.1 Å². The molecule has 0 spiro atoms. The van der Waals surface area contributed by atoms with Crippen molar-refractivity contribution in [2.24, 2.45) is 5.92 Å². The molecule has 0 bridgehead atoms. The average Bonchev–Trinajstić information content (AvgIpc) is 2.20. The molecule has 1 aromatic carbocycles. The Labute approximate surface area is 91.3 Å². The number of nitro benzene ring substituents is 1. The van der Waals surface area contributed by atoms with Gasteiger partial charge in [0.25, 0.3) is 5.69 Å². The topological polar surface area (TPSA) is 43.1 Å². The number of non-ortho nitro benzene ring substituents is 1. The lowest BCUT2D eigenvalue weighted by Gasteiger charge is -2.03. The molecule has 0 radical (unpaired) electrons. The van der Waals surface area contributed by atoms with Gasteiger partial charge in [0.15, 0.2) is 0 Å². The summed E-state index contributed by atoms with van der Waals surface area (Å²) in [4.78, 5) is 10.1. The summed E-state index contributed by atoms with van der Waals surface area (Å²) in [5.74, 6) is 0.530. The zero-order valence-corrected chi connectivity index (χ0v) is 9.86. The summed E-state index contributed by atoms with van der Waals surface area (Å²) in [5.41, 5.74) is 1.21. The summed E-state index contributed by atoms with van der Waals surface area (Å²) in [6, 6.07) is 6.81. The van der Waals surface area contributed by atoms with Crippen LogP contribution in [0, 0.1) is 16.0 Å². The Bertz CT molecular complexity index is 308. The lowest BCUT2D eigenvalue weighted by Crippen LogP contribution is -1.95. The van der Waals surface area contributed by atoms with E-state index >= 15 is 0 Å². The van der Waals surface area contributed by atoms with E-state index in [0.717, 1.165) is 12.0 Å². The molecule has 1 aromatic rings. The number of benzene rings is 1. The van der Waals surface area contributed by atoms with Crippen molar-refractivity contribution in [3.63, 3.8) is 0 Å². The predicted molar refractivity (Wildman–Crippen MR) is 63.0 cm³/mol. The van der Waals surface area contributed by atoms with Gasteiger partial charge < -0.3 is 0 Å². The molecule has 0 saturated carbocycles. The fourth-order valence-corrected chi connectivity index (χ4v) is 1.27. The van der Waals surface area contributed by atoms with E-state index in [4.69, 9.17) is 0 Å². The summed E-state index contributed by atoms with van der Waals surface area (Å²) in [6.45, 7) is 8.19. The Morgan fingerprint density at radius 3 is 2.40 bits per heavy atom. The molecule has 0 aliphatic heterocycles. The van der Waals surface area contributed by atoms with E-state index in [1.165, 1.54) is 6.07 Å². The smallest absolute Gasteiger partial charge is 0.258 e. The monoisotopic (exact) mass is 209 g/mol. The summed E-state index contributed by atoms with van der Waals surface area (Å²) in [6.07, 6.45) is 0.891. The number of nitrogens with zero attached hydrogens (tertiary/aromatic N) is 1. The van der Waals surface area contributed by atoms with Crippen molar-refractivity contribution in [2.45, 2.75) is 34.1 Å². The summed E-state index contributed by atoms with van der Waals surface area (Å²) >= 11 is 0. The molecule has 0 amide bonds. The van der Waals surface area contributed by atoms with Crippen LogP contribution in [0.3, 0.4) is 0 Å². The number of rotatable bonds is 3. The highest BCUT2D eigenvalue weighted by atomic mass is 16.6. The largest absolute Gasteiger partial charge is 0.269 e. The average molecular weight is 209 g/mol. The Balaban J connectivity index is 0.000000921. The van der Waals surface area contributed by atoms with E-state index in [0.29, 0.717) is 5.92 Å². The minimum absolute atomic E-state index is 0.179. The van der Waals surface area contributed by atoms with Crippen LogP contribution in [0.4, 0.5) is 5.69 Å². The van der Waals surface area contributed by atoms with Crippen LogP contribution >= 0.6 is 0 Å². The minimum atomic E-state index is -0.357. The highest BCUT2D eigenvalue weighted by molar-refractivity contribution is 5.34. The first-order chi connectivity index (χ1) is 7.09. The van der Waals surface area contributed by atoms with Gasteiger partial charge in [0.1, 0.15) is 0 Å². The van der Waals surface area contributed by atoms with Crippen LogP contribution in [-0.4, -0.2) is 4.92 Å². The fraction of sp³-hybridized carbons (Fsp3) is 0.500. The van der Waals surface area contributed by atoms with Crippen LogP contribution in [0.15, 0.2) is 24.3 Å². The van der Waals surface area contributed by atoms with Crippen molar-refractivity contribution in [1.82, 2.24) is 0 Å². The van der Waals surface area contributed by atoms with Gasteiger partial charge in [-0.05, 0) is 17.9 Å². The highest BCUT2D eigenvalue weighted by Gasteiger charge is 2.05.